The maximum atomic E-state index is 6.65. The number of hydrogen-bond acceptors (Lipinski definition) is 5. The molecule has 12 aromatic rings. The van der Waals surface area contributed by atoms with Gasteiger partial charge < -0.3 is 8.98 Å². The van der Waals surface area contributed by atoms with E-state index in [0.717, 1.165) is 55.3 Å². The lowest BCUT2D eigenvalue weighted by molar-refractivity contribution is 0.668. The monoisotopic (exact) mass is 746 g/mol. The minimum Gasteiger partial charge on any atom is -0.456 e. The summed E-state index contributed by atoms with van der Waals surface area (Å²) in [6.07, 6.45) is 0. The van der Waals surface area contributed by atoms with Gasteiger partial charge in [0.1, 0.15) is 11.2 Å². The topological polar surface area (TPSA) is 56.7 Å². The number of thiophene rings is 1. The number of fused-ring (bicyclic) bond motifs is 9. The highest BCUT2D eigenvalue weighted by Gasteiger charge is 2.20. The molecule has 0 unspecified atom stereocenters. The average Bonchev–Trinajstić information content (AvgIpc) is 3.96. The van der Waals surface area contributed by atoms with Crippen molar-refractivity contribution in [3.8, 4) is 51.0 Å². The van der Waals surface area contributed by atoms with Crippen molar-refractivity contribution in [2.45, 2.75) is 0 Å². The zero-order valence-electron chi connectivity index (χ0n) is 30.4. The van der Waals surface area contributed by atoms with Crippen LogP contribution in [0.4, 0.5) is 0 Å². The summed E-state index contributed by atoms with van der Waals surface area (Å²) >= 11 is 1.81. The van der Waals surface area contributed by atoms with Gasteiger partial charge in [-0.05, 0) is 65.7 Å². The second kappa shape index (κ2) is 12.6. The predicted octanol–water partition coefficient (Wildman–Crippen LogP) is 13.9. The third kappa shape index (κ3) is 5.04. The molecule has 4 heterocycles. The molecule has 0 amide bonds. The zero-order valence-corrected chi connectivity index (χ0v) is 31.2. The van der Waals surface area contributed by atoms with E-state index in [2.05, 4.69) is 156 Å². The Morgan fingerprint density at radius 1 is 0.386 bits per heavy atom. The van der Waals surface area contributed by atoms with Gasteiger partial charge in [0.15, 0.2) is 17.5 Å². The molecule has 4 aromatic heterocycles. The molecule has 0 bridgehead atoms. The van der Waals surface area contributed by atoms with Crippen LogP contribution in [0.1, 0.15) is 0 Å². The standard InChI is InChI=1S/C51H30N4OS/c1-3-13-31(14-4-1)35-19-12-24-46-48(35)40-29-33(25-28-45(40)57-46)50-52-49(32-15-5-2-6-16-32)53-51(54-50)39-20-11-23-43-47(39)38-27-26-34(30-44(38)56-43)55-41-21-9-7-17-36(41)37-18-8-10-22-42(37)55/h1-30H. The summed E-state index contributed by atoms with van der Waals surface area (Å²) in [4.78, 5) is 15.5. The first kappa shape index (κ1) is 31.9. The molecule has 0 aliphatic rings. The van der Waals surface area contributed by atoms with Crippen molar-refractivity contribution in [1.82, 2.24) is 19.5 Å². The lowest BCUT2D eigenvalue weighted by Gasteiger charge is -2.10. The van der Waals surface area contributed by atoms with Gasteiger partial charge in [0.2, 0.25) is 0 Å². The molecule has 0 atom stereocenters. The molecule has 0 aliphatic carbocycles. The first-order valence-corrected chi connectivity index (χ1v) is 19.8. The molecule has 266 valence electrons. The minimum atomic E-state index is 0.596. The third-order valence-electron chi connectivity index (χ3n) is 11.1. The highest BCUT2D eigenvalue weighted by atomic mass is 32.1. The van der Waals surface area contributed by atoms with Crippen molar-refractivity contribution in [2.24, 2.45) is 0 Å². The summed E-state index contributed by atoms with van der Waals surface area (Å²) in [5, 5.41) is 6.87. The van der Waals surface area contributed by atoms with Gasteiger partial charge in [-0.25, -0.2) is 15.0 Å². The van der Waals surface area contributed by atoms with Gasteiger partial charge in [0, 0.05) is 70.2 Å². The molecule has 0 saturated carbocycles. The zero-order chi connectivity index (χ0) is 37.5. The number of nitrogens with zero attached hydrogens (tertiary/aromatic N) is 4. The van der Waals surface area contributed by atoms with Crippen LogP contribution in [-0.2, 0) is 0 Å². The molecule has 0 N–H and O–H groups in total. The molecule has 57 heavy (non-hydrogen) atoms. The van der Waals surface area contributed by atoms with Crippen LogP contribution in [0.25, 0.3) is 115 Å². The van der Waals surface area contributed by atoms with Crippen molar-refractivity contribution in [3.63, 3.8) is 0 Å². The van der Waals surface area contributed by atoms with E-state index in [1.807, 2.05) is 41.7 Å². The lowest BCUT2D eigenvalue weighted by atomic mass is 9.99. The molecule has 0 spiro atoms. The van der Waals surface area contributed by atoms with Gasteiger partial charge in [-0.1, -0.05) is 121 Å². The van der Waals surface area contributed by atoms with Crippen LogP contribution in [0.5, 0.6) is 0 Å². The Kier molecular flexibility index (Phi) is 7.03. The average molecular weight is 747 g/mol. The van der Waals surface area contributed by atoms with E-state index in [1.54, 1.807) is 0 Å². The molecule has 0 fully saturated rings. The molecule has 5 nitrogen and oxygen atoms in total. The molecular weight excluding hydrogens is 717 g/mol. The predicted molar refractivity (Wildman–Crippen MR) is 236 cm³/mol. The van der Waals surface area contributed by atoms with E-state index >= 15 is 0 Å². The number of benzene rings is 8. The summed E-state index contributed by atoms with van der Waals surface area (Å²) in [7, 11) is 0. The van der Waals surface area contributed by atoms with Crippen LogP contribution in [0.3, 0.4) is 0 Å². The van der Waals surface area contributed by atoms with Crippen molar-refractivity contribution in [2.75, 3.05) is 0 Å². The van der Waals surface area contributed by atoms with Crippen LogP contribution in [-0.4, -0.2) is 19.5 Å². The molecule has 0 radical (unpaired) electrons. The summed E-state index contributed by atoms with van der Waals surface area (Å²) in [6.45, 7) is 0. The first-order valence-electron chi connectivity index (χ1n) is 19.0. The summed E-state index contributed by atoms with van der Waals surface area (Å²) < 4.78 is 11.5. The number of furan rings is 1. The second-order valence-electron chi connectivity index (χ2n) is 14.4. The maximum Gasteiger partial charge on any atom is 0.164 e. The molecule has 0 aliphatic heterocycles. The smallest absolute Gasteiger partial charge is 0.164 e. The van der Waals surface area contributed by atoms with Gasteiger partial charge >= 0.3 is 0 Å². The van der Waals surface area contributed by atoms with Crippen LogP contribution >= 0.6 is 11.3 Å². The highest BCUT2D eigenvalue weighted by molar-refractivity contribution is 7.26. The van der Waals surface area contributed by atoms with Crippen LogP contribution in [0.2, 0.25) is 0 Å². The maximum absolute atomic E-state index is 6.65. The van der Waals surface area contributed by atoms with Crippen LogP contribution in [0.15, 0.2) is 186 Å². The van der Waals surface area contributed by atoms with Crippen molar-refractivity contribution in [3.05, 3.63) is 182 Å². The number of para-hydroxylation sites is 2. The van der Waals surface area contributed by atoms with Gasteiger partial charge in [0.05, 0.1) is 11.0 Å². The largest absolute Gasteiger partial charge is 0.456 e. The Hall–Kier alpha value is -7.41. The van der Waals surface area contributed by atoms with E-state index < -0.39 is 0 Å². The minimum absolute atomic E-state index is 0.596. The Morgan fingerprint density at radius 2 is 1.04 bits per heavy atom. The third-order valence-corrected chi connectivity index (χ3v) is 12.2. The van der Waals surface area contributed by atoms with Crippen molar-refractivity contribution >= 4 is 75.3 Å². The van der Waals surface area contributed by atoms with Crippen molar-refractivity contribution < 1.29 is 4.42 Å². The van der Waals surface area contributed by atoms with Crippen molar-refractivity contribution in [1.29, 1.82) is 0 Å². The van der Waals surface area contributed by atoms with E-state index in [1.165, 1.54) is 42.1 Å². The molecule has 12 rings (SSSR count). The number of aromatic nitrogens is 4. The second-order valence-corrected chi connectivity index (χ2v) is 15.4. The van der Waals surface area contributed by atoms with Gasteiger partial charge in [0.25, 0.3) is 0 Å². The van der Waals surface area contributed by atoms with Crippen LogP contribution < -0.4 is 0 Å². The molecule has 8 aromatic carbocycles. The fraction of sp³-hybridized carbons (Fsp3) is 0. The summed E-state index contributed by atoms with van der Waals surface area (Å²) in [5.74, 6) is 1.84. The summed E-state index contributed by atoms with van der Waals surface area (Å²) in [6, 6.07) is 63.7. The normalized spacial score (nSPS) is 11.9. The van der Waals surface area contributed by atoms with Gasteiger partial charge in [-0.2, -0.15) is 0 Å². The quantitative estimate of drug-likeness (QED) is 0.176. The Morgan fingerprint density at radius 3 is 1.81 bits per heavy atom. The highest BCUT2D eigenvalue weighted by Crippen LogP contribution is 2.43. The Labute approximate surface area is 330 Å². The fourth-order valence-electron chi connectivity index (χ4n) is 8.51. The molecule has 0 saturated heterocycles. The number of hydrogen-bond donors (Lipinski definition) is 0. The first-order chi connectivity index (χ1) is 28.2. The van der Waals surface area contributed by atoms with E-state index in [0.29, 0.717) is 17.5 Å². The van der Waals surface area contributed by atoms with Gasteiger partial charge in [-0.3, -0.25) is 0 Å². The SMILES string of the molecule is c1ccc(-c2nc(-c3ccc4sc5cccc(-c6ccccc6)c5c4c3)nc(-c3cccc4oc5cc(-n6c7ccccc7c7ccccc76)ccc5c34)n2)cc1. The van der Waals surface area contributed by atoms with Gasteiger partial charge in [-0.15, -0.1) is 11.3 Å². The Balaban J connectivity index is 1.05. The van der Waals surface area contributed by atoms with Crippen LogP contribution in [0, 0.1) is 0 Å². The lowest BCUT2D eigenvalue weighted by Crippen LogP contribution is -2.00. The molecule has 6 heteroatoms. The molecular formula is C51H30N4OS. The number of rotatable bonds is 5. The fourth-order valence-corrected chi connectivity index (χ4v) is 9.62. The van der Waals surface area contributed by atoms with E-state index in [4.69, 9.17) is 19.4 Å². The van der Waals surface area contributed by atoms with E-state index in [-0.39, 0.29) is 0 Å². The van der Waals surface area contributed by atoms with E-state index in [9.17, 15) is 0 Å². The Bertz CT molecular complexity index is 3470. The summed E-state index contributed by atoms with van der Waals surface area (Å²) in [5.41, 5.74) is 10.1.